The summed E-state index contributed by atoms with van der Waals surface area (Å²) in [7, 11) is 0. The number of hydrogen-bond donors (Lipinski definition) is 2. The van der Waals surface area contributed by atoms with E-state index in [1.54, 1.807) is 0 Å². The van der Waals surface area contributed by atoms with E-state index in [1.165, 1.54) is 22.5 Å². The van der Waals surface area contributed by atoms with E-state index in [1.807, 2.05) is 18.2 Å². The fraction of sp³-hybridized carbons (Fsp3) is 0.200. The zero-order valence-corrected chi connectivity index (χ0v) is 9.74. The van der Waals surface area contributed by atoms with Gasteiger partial charge in [0.05, 0.1) is 0 Å². The lowest BCUT2D eigenvalue weighted by Crippen LogP contribution is -1.99. The van der Waals surface area contributed by atoms with Gasteiger partial charge in [-0.2, -0.15) is 0 Å². The number of rotatable bonds is 3. The number of benzene rings is 2. The summed E-state index contributed by atoms with van der Waals surface area (Å²) in [6.07, 6.45) is 1.15. The van der Waals surface area contributed by atoms with Gasteiger partial charge in [0.1, 0.15) is 0 Å². The highest BCUT2D eigenvalue weighted by atomic mass is 14.9. The van der Waals surface area contributed by atoms with Gasteiger partial charge in [0.2, 0.25) is 0 Å². The summed E-state index contributed by atoms with van der Waals surface area (Å²) in [6.45, 7) is 1.95. The molecule has 0 atom stereocenters. The van der Waals surface area contributed by atoms with Gasteiger partial charge in [0.25, 0.3) is 0 Å². The molecule has 86 valence electrons. The third kappa shape index (κ3) is 2.26. The molecule has 0 aliphatic carbocycles. The van der Waals surface area contributed by atoms with Crippen molar-refractivity contribution in [2.45, 2.75) is 13.0 Å². The Morgan fingerprint density at radius 1 is 1.06 bits per heavy atom. The van der Waals surface area contributed by atoms with Gasteiger partial charge >= 0.3 is 0 Å². The summed E-state index contributed by atoms with van der Waals surface area (Å²) < 4.78 is 0. The van der Waals surface area contributed by atoms with E-state index in [0.717, 1.165) is 19.5 Å². The molecule has 2 aromatic carbocycles. The maximum Gasteiger partial charge on any atom is 0.0401 e. The molecule has 1 aliphatic rings. The summed E-state index contributed by atoms with van der Waals surface area (Å²) in [6, 6.07) is 17.0. The van der Waals surface area contributed by atoms with Crippen LogP contribution in [0.4, 0.5) is 11.4 Å². The molecule has 0 radical (unpaired) electrons. The van der Waals surface area contributed by atoms with E-state index in [0.29, 0.717) is 0 Å². The van der Waals surface area contributed by atoms with Crippen LogP contribution in [-0.4, -0.2) is 6.54 Å². The molecule has 0 saturated heterocycles. The van der Waals surface area contributed by atoms with Crippen molar-refractivity contribution in [1.82, 2.24) is 0 Å². The highest BCUT2D eigenvalue weighted by molar-refractivity contribution is 5.57. The second kappa shape index (κ2) is 4.50. The van der Waals surface area contributed by atoms with Crippen molar-refractivity contribution in [3.63, 3.8) is 0 Å². The van der Waals surface area contributed by atoms with Gasteiger partial charge in [-0.3, -0.25) is 0 Å². The maximum atomic E-state index is 3.42. The lowest BCUT2D eigenvalue weighted by molar-refractivity contribution is 1.10. The van der Waals surface area contributed by atoms with Crippen molar-refractivity contribution in [1.29, 1.82) is 0 Å². The minimum absolute atomic E-state index is 0.874. The predicted molar refractivity (Wildman–Crippen MR) is 72.4 cm³/mol. The Labute approximate surface area is 102 Å². The number of hydrogen-bond acceptors (Lipinski definition) is 2. The van der Waals surface area contributed by atoms with Gasteiger partial charge in [-0.1, -0.05) is 30.3 Å². The van der Waals surface area contributed by atoms with E-state index in [9.17, 15) is 0 Å². The molecule has 0 amide bonds. The fourth-order valence-corrected chi connectivity index (χ4v) is 2.21. The molecule has 2 aromatic rings. The first kappa shape index (κ1) is 10.2. The zero-order chi connectivity index (χ0) is 11.5. The van der Waals surface area contributed by atoms with Gasteiger partial charge in [-0.25, -0.2) is 0 Å². The topological polar surface area (TPSA) is 24.1 Å². The van der Waals surface area contributed by atoms with Crippen molar-refractivity contribution >= 4 is 11.4 Å². The Hall–Kier alpha value is -1.96. The largest absolute Gasteiger partial charge is 0.384 e. The lowest BCUT2D eigenvalue weighted by atomic mass is 10.1. The van der Waals surface area contributed by atoms with Crippen LogP contribution in [-0.2, 0) is 13.0 Å². The second-order valence-corrected chi connectivity index (χ2v) is 4.39. The number of para-hydroxylation sites is 1. The first-order valence-electron chi connectivity index (χ1n) is 6.06. The van der Waals surface area contributed by atoms with E-state index >= 15 is 0 Å². The van der Waals surface area contributed by atoms with Crippen LogP contribution >= 0.6 is 0 Å². The molecular weight excluding hydrogens is 208 g/mol. The van der Waals surface area contributed by atoms with Crippen LogP contribution < -0.4 is 10.6 Å². The molecule has 17 heavy (non-hydrogen) atoms. The van der Waals surface area contributed by atoms with E-state index < -0.39 is 0 Å². The van der Waals surface area contributed by atoms with E-state index in [4.69, 9.17) is 0 Å². The normalized spacial score (nSPS) is 12.9. The highest BCUT2D eigenvalue weighted by Gasteiger charge is 2.09. The van der Waals surface area contributed by atoms with Crippen LogP contribution in [0, 0.1) is 0 Å². The number of nitrogens with one attached hydrogen (secondary N) is 2. The van der Waals surface area contributed by atoms with Crippen molar-refractivity contribution in [2.75, 3.05) is 17.2 Å². The molecule has 0 unspecified atom stereocenters. The molecule has 1 aliphatic heterocycles. The van der Waals surface area contributed by atoms with Crippen molar-refractivity contribution in [3.8, 4) is 0 Å². The summed E-state index contributed by atoms with van der Waals surface area (Å²) in [4.78, 5) is 0. The fourth-order valence-electron chi connectivity index (χ4n) is 2.21. The van der Waals surface area contributed by atoms with Gasteiger partial charge in [0, 0.05) is 24.5 Å². The highest BCUT2D eigenvalue weighted by Crippen LogP contribution is 2.23. The molecule has 3 rings (SSSR count). The maximum absolute atomic E-state index is 3.42. The van der Waals surface area contributed by atoms with Gasteiger partial charge in [-0.15, -0.1) is 0 Å². The van der Waals surface area contributed by atoms with Crippen molar-refractivity contribution in [2.24, 2.45) is 0 Å². The lowest BCUT2D eigenvalue weighted by Gasteiger charge is -2.08. The first-order chi connectivity index (χ1) is 8.42. The van der Waals surface area contributed by atoms with Crippen LogP contribution in [0.15, 0.2) is 48.5 Å². The summed E-state index contributed by atoms with van der Waals surface area (Å²) in [5.74, 6) is 0. The predicted octanol–water partition coefficient (Wildman–Crippen LogP) is 3.27. The number of anilines is 2. The Kier molecular flexibility index (Phi) is 2.70. The molecule has 0 aromatic heterocycles. The minimum Gasteiger partial charge on any atom is -0.384 e. The Bertz CT molecular complexity index is 506. The summed E-state index contributed by atoms with van der Waals surface area (Å²) >= 11 is 0. The molecule has 0 bridgehead atoms. The Balaban J connectivity index is 1.70. The van der Waals surface area contributed by atoms with Crippen molar-refractivity contribution < 1.29 is 0 Å². The quantitative estimate of drug-likeness (QED) is 0.836. The summed E-state index contributed by atoms with van der Waals surface area (Å²) in [5.41, 5.74) is 5.23. The molecule has 1 heterocycles. The SMILES string of the molecule is c1ccc(NCc2ccc3c(c2)NCC3)cc1. The molecule has 0 spiro atoms. The van der Waals surface area contributed by atoms with Crippen LogP contribution in [0.5, 0.6) is 0 Å². The summed E-state index contributed by atoms with van der Waals surface area (Å²) in [5, 5.41) is 6.84. The average molecular weight is 224 g/mol. The van der Waals surface area contributed by atoms with Crippen LogP contribution in [0.3, 0.4) is 0 Å². The number of fused-ring (bicyclic) bond motifs is 1. The third-order valence-electron chi connectivity index (χ3n) is 3.15. The molecule has 2 nitrogen and oxygen atoms in total. The molecule has 2 heteroatoms. The molecule has 0 fully saturated rings. The average Bonchev–Trinajstić information content (AvgIpc) is 2.85. The van der Waals surface area contributed by atoms with Crippen molar-refractivity contribution in [3.05, 3.63) is 59.7 Å². The van der Waals surface area contributed by atoms with E-state index in [-0.39, 0.29) is 0 Å². The standard InChI is InChI=1S/C15H16N2/c1-2-4-14(5-3-1)17-11-12-6-7-13-8-9-16-15(13)10-12/h1-7,10,16-17H,8-9,11H2. The minimum atomic E-state index is 0.874. The van der Waals surface area contributed by atoms with Crippen LogP contribution in [0.25, 0.3) is 0 Å². The third-order valence-corrected chi connectivity index (χ3v) is 3.15. The van der Waals surface area contributed by atoms with Crippen LogP contribution in [0.2, 0.25) is 0 Å². The second-order valence-electron chi connectivity index (χ2n) is 4.39. The van der Waals surface area contributed by atoms with E-state index in [2.05, 4.69) is 41.0 Å². The zero-order valence-electron chi connectivity index (χ0n) is 9.74. The van der Waals surface area contributed by atoms with Gasteiger partial charge in [-0.05, 0) is 35.7 Å². The Morgan fingerprint density at radius 2 is 1.94 bits per heavy atom. The van der Waals surface area contributed by atoms with Gasteiger partial charge in [0.15, 0.2) is 0 Å². The Morgan fingerprint density at radius 3 is 2.82 bits per heavy atom. The molecule has 0 saturated carbocycles. The smallest absolute Gasteiger partial charge is 0.0401 e. The van der Waals surface area contributed by atoms with Gasteiger partial charge < -0.3 is 10.6 Å². The molecule has 2 N–H and O–H groups in total. The molecular formula is C15H16N2. The van der Waals surface area contributed by atoms with Crippen LogP contribution in [0.1, 0.15) is 11.1 Å². The first-order valence-corrected chi connectivity index (χ1v) is 6.06. The monoisotopic (exact) mass is 224 g/mol.